The summed E-state index contributed by atoms with van der Waals surface area (Å²) in [7, 11) is 0. The molecular weight excluding hydrogens is 464 g/mol. The molecule has 1 N–H and O–H groups in total. The number of anilines is 1. The lowest BCUT2D eigenvalue weighted by molar-refractivity contribution is -0.139. The standard InChI is InChI=1S/C23H23ClN4O4S/c1-14-6-4-7-19-20(14)27(12-5-13-32-18-10-8-17(24)9-11-18)21(31)23(19)28(16(3)30)26-22(33-23)25-15(2)29/h4,6-11H,5,12-13H2,1-3H3,(H,25,26,29)/t23-/m1/s1. The summed E-state index contributed by atoms with van der Waals surface area (Å²) in [6, 6.07) is 12.7. The normalized spacial score (nSPS) is 19.0. The Morgan fingerprint density at radius 1 is 1.18 bits per heavy atom. The summed E-state index contributed by atoms with van der Waals surface area (Å²) >= 11 is 6.98. The van der Waals surface area contributed by atoms with E-state index in [4.69, 9.17) is 16.3 Å². The molecule has 2 aliphatic rings. The third-order valence-electron chi connectivity index (χ3n) is 5.33. The second-order valence-electron chi connectivity index (χ2n) is 7.75. The monoisotopic (exact) mass is 486 g/mol. The van der Waals surface area contributed by atoms with Crippen molar-refractivity contribution in [1.29, 1.82) is 0 Å². The highest BCUT2D eigenvalue weighted by Gasteiger charge is 2.61. The van der Waals surface area contributed by atoms with Crippen LogP contribution in [-0.2, 0) is 19.3 Å². The average Bonchev–Trinajstić information content (AvgIpc) is 3.25. The van der Waals surface area contributed by atoms with Gasteiger partial charge in [0.15, 0.2) is 5.17 Å². The van der Waals surface area contributed by atoms with Crippen molar-refractivity contribution in [1.82, 2.24) is 10.3 Å². The second kappa shape index (κ2) is 9.07. The molecule has 0 bridgehead atoms. The van der Waals surface area contributed by atoms with Gasteiger partial charge in [-0.3, -0.25) is 14.4 Å². The van der Waals surface area contributed by atoms with Gasteiger partial charge in [0.1, 0.15) is 5.75 Å². The van der Waals surface area contributed by atoms with Gasteiger partial charge in [0.05, 0.1) is 12.3 Å². The molecule has 1 spiro atoms. The smallest absolute Gasteiger partial charge is 0.270 e. The minimum atomic E-state index is -1.39. The lowest BCUT2D eigenvalue weighted by atomic mass is 10.0. The largest absolute Gasteiger partial charge is 0.494 e. The van der Waals surface area contributed by atoms with Gasteiger partial charge in [0, 0.05) is 31.0 Å². The van der Waals surface area contributed by atoms with Crippen LogP contribution in [0.1, 0.15) is 31.4 Å². The first-order chi connectivity index (χ1) is 15.7. The number of amidine groups is 1. The Balaban J connectivity index is 1.59. The van der Waals surface area contributed by atoms with Crippen LogP contribution in [-0.4, -0.2) is 41.0 Å². The lowest BCUT2D eigenvalue weighted by Crippen LogP contribution is -2.48. The Morgan fingerprint density at radius 3 is 2.58 bits per heavy atom. The molecule has 2 aromatic carbocycles. The van der Waals surface area contributed by atoms with Gasteiger partial charge in [-0.2, -0.15) is 5.01 Å². The Hall–Kier alpha value is -3.04. The summed E-state index contributed by atoms with van der Waals surface area (Å²) in [4.78, 5) is 38.3. The molecule has 0 saturated heterocycles. The maximum absolute atomic E-state index is 13.9. The fourth-order valence-corrected chi connectivity index (χ4v) is 5.46. The Morgan fingerprint density at radius 2 is 1.91 bits per heavy atom. The number of carbonyl (C=O) groups excluding carboxylic acids is 3. The van der Waals surface area contributed by atoms with Gasteiger partial charge in [0.2, 0.25) is 16.7 Å². The zero-order chi connectivity index (χ0) is 23.8. The molecule has 2 heterocycles. The average molecular weight is 487 g/mol. The quantitative estimate of drug-likeness (QED) is 0.652. The van der Waals surface area contributed by atoms with E-state index in [1.165, 1.54) is 18.9 Å². The summed E-state index contributed by atoms with van der Waals surface area (Å²) in [5, 5.41) is 8.90. The van der Waals surface area contributed by atoms with E-state index in [9.17, 15) is 14.4 Å². The summed E-state index contributed by atoms with van der Waals surface area (Å²) in [5.41, 5.74) is 2.34. The number of carbonyl (C=O) groups is 3. The Labute approximate surface area is 200 Å². The van der Waals surface area contributed by atoms with Gasteiger partial charge in [-0.25, -0.2) is 0 Å². The van der Waals surface area contributed by atoms with Crippen LogP contribution >= 0.6 is 23.4 Å². The number of halogens is 1. The molecule has 3 amide bonds. The first kappa shape index (κ1) is 23.1. The van der Waals surface area contributed by atoms with Crippen LogP contribution in [0.4, 0.5) is 5.69 Å². The second-order valence-corrected chi connectivity index (χ2v) is 9.37. The van der Waals surface area contributed by atoms with E-state index >= 15 is 0 Å². The minimum absolute atomic E-state index is 0.214. The van der Waals surface area contributed by atoms with E-state index in [0.717, 1.165) is 23.0 Å². The highest BCUT2D eigenvalue weighted by molar-refractivity contribution is 8.15. The Bertz CT molecular complexity index is 1150. The number of thioether (sulfide) groups is 1. The molecule has 33 heavy (non-hydrogen) atoms. The number of benzene rings is 2. The number of rotatable bonds is 5. The van der Waals surface area contributed by atoms with Crippen LogP contribution in [0.15, 0.2) is 47.6 Å². The minimum Gasteiger partial charge on any atom is -0.494 e. The van der Waals surface area contributed by atoms with Crippen molar-refractivity contribution in [2.24, 2.45) is 5.10 Å². The van der Waals surface area contributed by atoms with Crippen molar-refractivity contribution in [3.8, 4) is 5.75 Å². The number of fused-ring (bicyclic) bond motifs is 2. The first-order valence-corrected chi connectivity index (χ1v) is 11.6. The molecule has 0 unspecified atom stereocenters. The molecule has 2 aromatic rings. The van der Waals surface area contributed by atoms with Crippen molar-refractivity contribution in [2.75, 3.05) is 18.1 Å². The molecule has 172 valence electrons. The molecule has 0 fully saturated rings. The van der Waals surface area contributed by atoms with Gasteiger partial charge >= 0.3 is 0 Å². The predicted octanol–water partition coefficient (Wildman–Crippen LogP) is 3.62. The van der Waals surface area contributed by atoms with Crippen molar-refractivity contribution < 1.29 is 19.1 Å². The highest BCUT2D eigenvalue weighted by Crippen LogP contribution is 2.55. The van der Waals surface area contributed by atoms with E-state index in [2.05, 4.69) is 10.4 Å². The van der Waals surface area contributed by atoms with Crippen LogP contribution in [0.2, 0.25) is 5.02 Å². The molecule has 8 nitrogen and oxygen atoms in total. The summed E-state index contributed by atoms with van der Waals surface area (Å²) in [6.45, 7) is 5.43. The number of hydrazone groups is 1. The number of nitrogens with zero attached hydrogens (tertiary/aromatic N) is 3. The van der Waals surface area contributed by atoms with E-state index in [0.29, 0.717) is 35.9 Å². The van der Waals surface area contributed by atoms with E-state index in [1.807, 2.05) is 25.1 Å². The van der Waals surface area contributed by atoms with Gasteiger partial charge in [-0.1, -0.05) is 29.8 Å². The summed E-state index contributed by atoms with van der Waals surface area (Å²) in [6.07, 6.45) is 0.572. The van der Waals surface area contributed by atoms with E-state index in [1.54, 1.807) is 29.2 Å². The van der Waals surface area contributed by atoms with E-state index < -0.39 is 10.8 Å². The molecule has 1 atom stereocenters. The number of ether oxygens (including phenoxy) is 1. The zero-order valence-corrected chi connectivity index (χ0v) is 20.0. The first-order valence-electron chi connectivity index (χ1n) is 10.4. The van der Waals surface area contributed by atoms with Crippen LogP contribution in [0, 0.1) is 6.92 Å². The fraction of sp³-hybridized carbons (Fsp3) is 0.304. The van der Waals surface area contributed by atoms with Gasteiger partial charge < -0.3 is 15.0 Å². The predicted molar refractivity (Wildman–Crippen MR) is 128 cm³/mol. The molecule has 2 aliphatic heterocycles. The molecule has 0 aliphatic carbocycles. The fourth-order valence-electron chi connectivity index (χ4n) is 4.01. The number of para-hydroxylation sites is 1. The van der Waals surface area contributed by atoms with Gasteiger partial charge in [-0.15, -0.1) is 5.10 Å². The third kappa shape index (κ3) is 4.18. The van der Waals surface area contributed by atoms with Crippen molar-refractivity contribution in [2.45, 2.75) is 32.1 Å². The van der Waals surface area contributed by atoms with Crippen molar-refractivity contribution in [3.63, 3.8) is 0 Å². The van der Waals surface area contributed by atoms with Crippen molar-refractivity contribution in [3.05, 3.63) is 58.6 Å². The summed E-state index contributed by atoms with van der Waals surface area (Å²) in [5.74, 6) is -0.297. The molecular formula is C23H23ClN4O4S. The van der Waals surface area contributed by atoms with Crippen LogP contribution in [0.3, 0.4) is 0 Å². The SMILES string of the molecule is CC(=O)NC1=NN(C(C)=O)[C@]2(S1)C(=O)N(CCCOc1ccc(Cl)cc1)c1c(C)cccc12. The maximum atomic E-state index is 13.9. The number of hydrogen-bond donors (Lipinski definition) is 1. The third-order valence-corrected chi connectivity index (χ3v) is 6.82. The molecule has 0 saturated carbocycles. The molecule has 0 radical (unpaired) electrons. The molecule has 0 aromatic heterocycles. The van der Waals surface area contributed by atoms with Crippen LogP contribution in [0.5, 0.6) is 5.75 Å². The number of aryl methyl sites for hydroxylation is 1. The molecule has 10 heteroatoms. The summed E-state index contributed by atoms with van der Waals surface area (Å²) < 4.78 is 5.77. The highest BCUT2D eigenvalue weighted by atomic mass is 35.5. The number of hydrogen-bond acceptors (Lipinski definition) is 6. The number of nitrogens with one attached hydrogen (secondary N) is 1. The zero-order valence-electron chi connectivity index (χ0n) is 18.4. The van der Waals surface area contributed by atoms with Crippen LogP contribution < -0.4 is 15.0 Å². The van der Waals surface area contributed by atoms with Crippen molar-refractivity contribution >= 4 is 51.9 Å². The number of amides is 3. The Kier molecular flexibility index (Phi) is 6.36. The van der Waals surface area contributed by atoms with Gasteiger partial charge in [-0.05, 0) is 54.9 Å². The maximum Gasteiger partial charge on any atom is 0.270 e. The van der Waals surface area contributed by atoms with Crippen LogP contribution in [0.25, 0.3) is 0 Å². The van der Waals surface area contributed by atoms with E-state index in [-0.39, 0.29) is 17.0 Å². The molecule has 4 rings (SSSR count). The van der Waals surface area contributed by atoms with Gasteiger partial charge in [0.25, 0.3) is 5.91 Å². The topological polar surface area (TPSA) is 91.3 Å². The lowest BCUT2D eigenvalue weighted by Gasteiger charge is -2.29.